The molecule has 0 aromatic carbocycles. The number of carboxylic acids is 1. The van der Waals surface area contributed by atoms with Crippen LogP contribution in [0.4, 0.5) is 0 Å². The van der Waals surface area contributed by atoms with Gasteiger partial charge in [-0.05, 0) is 37.6 Å². The van der Waals surface area contributed by atoms with Crippen molar-refractivity contribution in [3.8, 4) is 0 Å². The lowest BCUT2D eigenvalue weighted by Crippen LogP contribution is -2.46. The third-order valence-corrected chi connectivity index (χ3v) is 5.77. The maximum absolute atomic E-state index is 11.6. The van der Waals surface area contributed by atoms with Crippen LogP contribution in [0.25, 0.3) is 0 Å². The summed E-state index contributed by atoms with van der Waals surface area (Å²) in [4.78, 5) is 13.4. The van der Waals surface area contributed by atoms with Crippen LogP contribution in [0.2, 0.25) is 0 Å². The van der Waals surface area contributed by atoms with E-state index in [4.69, 9.17) is 0 Å². The van der Waals surface area contributed by atoms with Crippen LogP contribution >= 0.6 is 0 Å². The fraction of sp³-hybridized carbons (Fsp3) is 0.923. The molecule has 0 aliphatic carbocycles. The molecule has 2 heterocycles. The van der Waals surface area contributed by atoms with Crippen molar-refractivity contribution in [3.05, 3.63) is 0 Å². The number of nitrogens with zero attached hydrogens (tertiary/aromatic N) is 2. The van der Waals surface area contributed by atoms with Crippen LogP contribution in [0.15, 0.2) is 0 Å². The summed E-state index contributed by atoms with van der Waals surface area (Å²) < 4.78 is 24.7. The predicted octanol–water partition coefficient (Wildman–Crippen LogP) is 0.453. The van der Waals surface area contributed by atoms with Gasteiger partial charge in [0.15, 0.2) is 0 Å². The highest BCUT2D eigenvalue weighted by molar-refractivity contribution is 7.88. The molecular formula is C13H24N2O4S. The van der Waals surface area contributed by atoms with Crippen LogP contribution in [0.5, 0.6) is 0 Å². The van der Waals surface area contributed by atoms with E-state index in [1.54, 1.807) is 0 Å². The molecule has 0 amide bonds. The number of piperidine rings is 1. The fourth-order valence-electron chi connectivity index (χ4n) is 3.44. The maximum atomic E-state index is 11.6. The monoisotopic (exact) mass is 304 g/mol. The van der Waals surface area contributed by atoms with Gasteiger partial charge in [-0.25, -0.2) is 12.7 Å². The maximum Gasteiger partial charge on any atom is 0.321 e. The van der Waals surface area contributed by atoms with Crippen LogP contribution in [0.1, 0.15) is 26.2 Å². The molecule has 3 atom stereocenters. The number of hydrogen-bond donors (Lipinski definition) is 1. The Balaban J connectivity index is 1.98. The molecule has 0 bridgehead atoms. The van der Waals surface area contributed by atoms with Gasteiger partial charge in [0.05, 0.1) is 6.26 Å². The number of hydrogen-bond acceptors (Lipinski definition) is 4. The van der Waals surface area contributed by atoms with Crippen LogP contribution < -0.4 is 0 Å². The smallest absolute Gasteiger partial charge is 0.321 e. The van der Waals surface area contributed by atoms with E-state index < -0.39 is 22.0 Å². The molecule has 2 fully saturated rings. The number of sulfonamides is 1. The van der Waals surface area contributed by atoms with Crippen molar-refractivity contribution in [2.45, 2.75) is 32.2 Å². The van der Waals surface area contributed by atoms with Gasteiger partial charge in [0.1, 0.15) is 6.04 Å². The normalized spacial score (nSPS) is 33.4. The first kappa shape index (κ1) is 15.7. The van der Waals surface area contributed by atoms with Crippen LogP contribution in [0, 0.1) is 11.8 Å². The van der Waals surface area contributed by atoms with Gasteiger partial charge in [-0.15, -0.1) is 0 Å². The third-order valence-electron chi connectivity index (χ3n) is 4.50. The van der Waals surface area contributed by atoms with Crippen molar-refractivity contribution >= 4 is 16.0 Å². The summed E-state index contributed by atoms with van der Waals surface area (Å²) in [6, 6.07) is -0.413. The molecule has 1 N–H and O–H groups in total. The Morgan fingerprint density at radius 2 is 2.00 bits per heavy atom. The molecule has 2 saturated heterocycles. The molecule has 116 valence electrons. The molecule has 2 aliphatic heterocycles. The second-order valence-electron chi connectivity index (χ2n) is 6.17. The van der Waals surface area contributed by atoms with E-state index in [9.17, 15) is 18.3 Å². The summed E-state index contributed by atoms with van der Waals surface area (Å²) in [5.74, 6) is -0.349. The second-order valence-corrected chi connectivity index (χ2v) is 8.16. The topological polar surface area (TPSA) is 77.9 Å². The summed E-state index contributed by atoms with van der Waals surface area (Å²) in [5, 5.41) is 9.32. The van der Waals surface area contributed by atoms with Crippen LogP contribution in [-0.4, -0.2) is 67.2 Å². The van der Waals surface area contributed by atoms with E-state index >= 15 is 0 Å². The molecule has 7 heteroatoms. The molecule has 6 nitrogen and oxygen atoms in total. The van der Waals surface area contributed by atoms with Gasteiger partial charge in [-0.3, -0.25) is 9.69 Å². The van der Waals surface area contributed by atoms with Gasteiger partial charge in [-0.2, -0.15) is 0 Å². The third kappa shape index (κ3) is 3.51. The van der Waals surface area contributed by atoms with Gasteiger partial charge < -0.3 is 5.11 Å². The molecule has 2 rings (SSSR count). The Hall–Kier alpha value is -0.660. The van der Waals surface area contributed by atoms with Gasteiger partial charge in [0.25, 0.3) is 0 Å². The molecular weight excluding hydrogens is 280 g/mol. The van der Waals surface area contributed by atoms with Crippen molar-refractivity contribution in [1.29, 1.82) is 0 Å². The standard InChI is InChI=1S/C13H24N2O4S/c1-10-5-7-14(12(10)13(16)17)8-11-4-3-6-15(9-11)20(2,18)19/h10-12H,3-9H2,1-2H3,(H,16,17). The molecule has 0 radical (unpaired) electrons. The predicted molar refractivity (Wildman–Crippen MR) is 75.9 cm³/mol. The summed E-state index contributed by atoms with van der Waals surface area (Å²) >= 11 is 0. The first-order chi connectivity index (χ1) is 9.29. The average molecular weight is 304 g/mol. The molecule has 0 spiro atoms. The Bertz CT molecular complexity index is 465. The summed E-state index contributed by atoms with van der Waals surface area (Å²) in [6.07, 6.45) is 3.98. The van der Waals surface area contributed by atoms with Crippen molar-refractivity contribution in [2.24, 2.45) is 11.8 Å². The SMILES string of the molecule is CC1CCN(CC2CCCN(S(C)(=O)=O)C2)C1C(=O)O. The molecule has 20 heavy (non-hydrogen) atoms. The lowest BCUT2D eigenvalue weighted by atomic mass is 9.98. The van der Waals surface area contributed by atoms with E-state index in [1.165, 1.54) is 10.6 Å². The highest BCUT2D eigenvalue weighted by atomic mass is 32.2. The summed E-state index contributed by atoms with van der Waals surface area (Å²) in [7, 11) is -3.13. The summed E-state index contributed by atoms with van der Waals surface area (Å²) in [6.45, 7) is 4.58. The van der Waals surface area contributed by atoms with Crippen LogP contribution in [0.3, 0.4) is 0 Å². The van der Waals surface area contributed by atoms with Crippen molar-refractivity contribution in [1.82, 2.24) is 9.21 Å². The number of carboxylic acid groups (broad SMARTS) is 1. The second kappa shape index (κ2) is 5.99. The lowest BCUT2D eigenvalue weighted by Gasteiger charge is -2.34. The van der Waals surface area contributed by atoms with E-state index in [1.807, 2.05) is 11.8 Å². The van der Waals surface area contributed by atoms with E-state index in [0.717, 1.165) is 25.8 Å². The molecule has 2 aliphatic rings. The minimum Gasteiger partial charge on any atom is -0.480 e. The number of carbonyl (C=O) groups is 1. The molecule has 0 aromatic heterocycles. The highest BCUT2D eigenvalue weighted by Gasteiger charge is 2.38. The zero-order valence-corrected chi connectivity index (χ0v) is 13.0. The van der Waals surface area contributed by atoms with Gasteiger partial charge in [-0.1, -0.05) is 6.92 Å². The van der Waals surface area contributed by atoms with Crippen molar-refractivity contribution < 1.29 is 18.3 Å². The van der Waals surface area contributed by atoms with E-state index in [0.29, 0.717) is 19.6 Å². The number of aliphatic carboxylic acids is 1. The van der Waals surface area contributed by atoms with E-state index in [2.05, 4.69) is 0 Å². The minimum absolute atomic E-state index is 0.169. The first-order valence-electron chi connectivity index (χ1n) is 7.21. The Morgan fingerprint density at radius 1 is 1.30 bits per heavy atom. The van der Waals surface area contributed by atoms with Crippen molar-refractivity contribution in [3.63, 3.8) is 0 Å². The van der Waals surface area contributed by atoms with Gasteiger partial charge >= 0.3 is 5.97 Å². The fourth-order valence-corrected chi connectivity index (χ4v) is 4.38. The molecule has 3 unspecified atom stereocenters. The van der Waals surface area contributed by atoms with Crippen molar-refractivity contribution in [2.75, 3.05) is 32.4 Å². The van der Waals surface area contributed by atoms with E-state index in [-0.39, 0.29) is 11.8 Å². The summed E-state index contributed by atoms with van der Waals surface area (Å²) in [5.41, 5.74) is 0. The lowest BCUT2D eigenvalue weighted by molar-refractivity contribution is -0.143. The average Bonchev–Trinajstić information content (AvgIpc) is 2.69. The number of likely N-dealkylation sites (tertiary alicyclic amines) is 1. The molecule has 0 aromatic rings. The van der Waals surface area contributed by atoms with Crippen LogP contribution in [-0.2, 0) is 14.8 Å². The van der Waals surface area contributed by atoms with Gasteiger partial charge in [0.2, 0.25) is 10.0 Å². The zero-order chi connectivity index (χ0) is 14.9. The Labute approximate surface area is 120 Å². The molecule has 0 saturated carbocycles. The number of rotatable bonds is 4. The highest BCUT2D eigenvalue weighted by Crippen LogP contribution is 2.27. The minimum atomic E-state index is -3.13. The quantitative estimate of drug-likeness (QED) is 0.816. The largest absolute Gasteiger partial charge is 0.480 e. The van der Waals surface area contributed by atoms with Gasteiger partial charge in [0, 0.05) is 19.6 Å². The Morgan fingerprint density at radius 3 is 2.60 bits per heavy atom. The zero-order valence-electron chi connectivity index (χ0n) is 12.2. The first-order valence-corrected chi connectivity index (χ1v) is 9.06. The Kier molecular flexibility index (Phi) is 4.71.